The zero-order chi connectivity index (χ0) is 17.0. The molecule has 1 aromatic carbocycles. The summed E-state index contributed by atoms with van der Waals surface area (Å²) in [6.45, 7) is 1.70. The van der Waals surface area contributed by atoms with Crippen LogP contribution in [-0.4, -0.2) is 26.4 Å². The Morgan fingerprint density at radius 3 is 2.65 bits per heavy atom. The minimum atomic E-state index is -3.83. The Labute approximate surface area is 134 Å². The number of amides is 1. The van der Waals surface area contributed by atoms with Crippen LogP contribution >= 0.6 is 0 Å². The second kappa shape index (κ2) is 6.76. The predicted octanol–water partition coefficient (Wildman–Crippen LogP) is 1.23. The summed E-state index contributed by atoms with van der Waals surface area (Å²) in [6, 6.07) is 6.95. The number of benzene rings is 1. The molecule has 0 spiro atoms. The van der Waals surface area contributed by atoms with Crippen LogP contribution in [0.15, 0.2) is 47.6 Å². The first-order chi connectivity index (χ1) is 10.8. The Morgan fingerprint density at radius 1 is 1.35 bits per heavy atom. The molecule has 2 rings (SSSR count). The van der Waals surface area contributed by atoms with E-state index < -0.39 is 22.0 Å². The number of ether oxygens (including phenoxy) is 1. The van der Waals surface area contributed by atoms with E-state index in [4.69, 9.17) is 10.5 Å². The molecule has 0 aliphatic carbocycles. The molecule has 7 nitrogen and oxygen atoms in total. The summed E-state index contributed by atoms with van der Waals surface area (Å²) in [5.41, 5.74) is 5.98. The summed E-state index contributed by atoms with van der Waals surface area (Å²) >= 11 is 0. The highest BCUT2D eigenvalue weighted by Crippen LogP contribution is 2.23. The Kier molecular flexibility index (Phi) is 4.97. The Bertz CT molecular complexity index is 807. The highest BCUT2D eigenvalue weighted by molar-refractivity contribution is 7.89. The predicted molar refractivity (Wildman–Crippen MR) is 84.5 cm³/mol. The van der Waals surface area contributed by atoms with Crippen LogP contribution in [0.5, 0.6) is 5.75 Å². The van der Waals surface area contributed by atoms with Gasteiger partial charge in [0.2, 0.25) is 10.0 Å². The van der Waals surface area contributed by atoms with Crippen LogP contribution in [0.25, 0.3) is 0 Å². The molecule has 1 aromatic heterocycles. The largest absolute Gasteiger partial charge is 0.496 e. The summed E-state index contributed by atoms with van der Waals surface area (Å²) in [5, 5.41) is 0. The number of hydrogen-bond donors (Lipinski definition) is 2. The number of rotatable bonds is 6. The number of pyridine rings is 1. The van der Waals surface area contributed by atoms with Crippen LogP contribution in [0.3, 0.4) is 0 Å². The first-order valence-electron chi connectivity index (χ1n) is 6.75. The van der Waals surface area contributed by atoms with E-state index in [1.165, 1.54) is 25.3 Å². The van der Waals surface area contributed by atoms with Crippen molar-refractivity contribution in [2.45, 2.75) is 17.9 Å². The Balaban J connectivity index is 2.33. The molecule has 0 saturated carbocycles. The molecule has 1 amide bonds. The summed E-state index contributed by atoms with van der Waals surface area (Å²) in [6.07, 6.45) is 3.18. The quantitative estimate of drug-likeness (QED) is 0.824. The smallest absolute Gasteiger partial charge is 0.252 e. The molecule has 0 bridgehead atoms. The molecule has 0 fully saturated rings. The average molecular weight is 335 g/mol. The molecule has 0 saturated heterocycles. The molecule has 3 N–H and O–H groups in total. The number of aromatic nitrogens is 1. The van der Waals surface area contributed by atoms with E-state index in [0.717, 1.165) is 5.56 Å². The van der Waals surface area contributed by atoms with Gasteiger partial charge in [-0.15, -0.1) is 0 Å². The van der Waals surface area contributed by atoms with Gasteiger partial charge in [0.1, 0.15) is 5.75 Å². The van der Waals surface area contributed by atoms with E-state index in [1.807, 2.05) is 0 Å². The van der Waals surface area contributed by atoms with Gasteiger partial charge in [0.05, 0.1) is 17.6 Å². The van der Waals surface area contributed by atoms with Gasteiger partial charge in [-0.05, 0) is 36.8 Å². The van der Waals surface area contributed by atoms with Crippen molar-refractivity contribution in [2.75, 3.05) is 7.11 Å². The molecule has 1 atom stereocenters. The van der Waals surface area contributed by atoms with Crippen LogP contribution < -0.4 is 15.2 Å². The normalized spacial score (nSPS) is 12.6. The molecule has 1 heterocycles. The number of nitrogens with one attached hydrogen (secondary N) is 1. The van der Waals surface area contributed by atoms with Gasteiger partial charge in [0, 0.05) is 18.4 Å². The van der Waals surface area contributed by atoms with E-state index in [9.17, 15) is 13.2 Å². The number of hydrogen-bond acceptors (Lipinski definition) is 5. The highest BCUT2D eigenvalue weighted by atomic mass is 32.2. The van der Waals surface area contributed by atoms with Crippen molar-refractivity contribution in [3.63, 3.8) is 0 Å². The fourth-order valence-corrected chi connectivity index (χ4v) is 3.31. The second-order valence-electron chi connectivity index (χ2n) is 4.86. The molecular weight excluding hydrogens is 318 g/mol. The number of carbonyl (C=O) groups is 1. The van der Waals surface area contributed by atoms with Crippen LogP contribution in [0.4, 0.5) is 0 Å². The first-order valence-corrected chi connectivity index (χ1v) is 8.23. The summed E-state index contributed by atoms with van der Waals surface area (Å²) in [7, 11) is -2.46. The molecular formula is C15H17N3O4S. The third-order valence-corrected chi connectivity index (χ3v) is 4.80. The minimum absolute atomic E-state index is 0.00408. The molecule has 8 heteroatoms. The van der Waals surface area contributed by atoms with Gasteiger partial charge in [0.25, 0.3) is 5.91 Å². The average Bonchev–Trinajstić information content (AvgIpc) is 2.54. The fraction of sp³-hybridized carbons (Fsp3) is 0.200. The highest BCUT2D eigenvalue weighted by Gasteiger charge is 2.21. The third-order valence-electron chi connectivity index (χ3n) is 3.26. The van der Waals surface area contributed by atoms with Gasteiger partial charge in [-0.1, -0.05) is 6.07 Å². The lowest BCUT2D eigenvalue weighted by atomic mass is 10.2. The number of nitrogens with zero attached hydrogens (tertiary/aromatic N) is 1. The number of nitrogens with two attached hydrogens (primary N) is 1. The van der Waals surface area contributed by atoms with Gasteiger partial charge < -0.3 is 10.5 Å². The van der Waals surface area contributed by atoms with Gasteiger partial charge in [0.15, 0.2) is 0 Å². The van der Waals surface area contributed by atoms with E-state index in [1.54, 1.807) is 31.5 Å². The molecule has 0 unspecified atom stereocenters. The van der Waals surface area contributed by atoms with Crippen molar-refractivity contribution in [1.82, 2.24) is 9.71 Å². The fourth-order valence-electron chi connectivity index (χ4n) is 2.05. The van der Waals surface area contributed by atoms with Crippen molar-refractivity contribution in [3.8, 4) is 5.75 Å². The lowest BCUT2D eigenvalue weighted by Crippen LogP contribution is -2.27. The van der Waals surface area contributed by atoms with E-state index in [-0.39, 0.29) is 16.2 Å². The molecule has 0 aliphatic rings. The zero-order valence-corrected chi connectivity index (χ0v) is 13.5. The minimum Gasteiger partial charge on any atom is -0.496 e. The Morgan fingerprint density at radius 2 is 2.09 bits per heavy atom. The van der Waals surface area contributed by atoms with Crippen molar-refractivity contribution in [1.29, 1.82) is 0 Å². The molecule has 23 heavy (non-hydrogen) atoms. The van der Waals surface area contributed by atoms with Crippen LogP contribution in [-0.2, 0) is 10.0 Å². The topological polar surface area (TPSA) is 111 Å². The second-order valence-corrected chi connectivity index (χ2v) is 6.57. The van der Waals surface area contributed by atoms with Crippen molar-refractivity contribution >= 4 is 15.9 Å². The molecule has 0 radical (unpaired) electrons. The van der Waals surface area contributed by atoms with E-state index in [0.29, 0.717) is 0 Å². The monoisotopic (exact) mass is 335 g/mol. The van der Waals surface area contributed by atoms with Gasteiger partial charge in [-0.3, -0.25) is 9.78 Å². The number of primary amides is 1. The summed E-state index contributed by atoms with van der Waals surface area (Å²) < 4.78 is 32.5. The zero-order valence-electron chi connectivity index (χ0n) is 12.7. The standard InChI is InChI=1S/C15H17N3O4S/c1-10(11-4-3-7-17-9-11)18-23(20,21)12-5-6-14(22-2)13(8-12)15(16)19/h3-10,18H,1-2H3,(H2,16,19)/t10-/m1/s1. The number of sulfonamides is 1. The van der Waals surface area contributed by atoms with Crippen LogP contribution in [0, 0.1) is 0 Å². The maximum absolute atomic E-state index is 12.5. The molecule has 2 aromatic rings. The van der Waals surface area contributed by atoms with Crippen LogP contribution in [0.1, 0.15) is 28.9 Å². The summed E-state index contributed by atoms with van der Waals surface area (Å²) in [5.74, 6) is -0.545. The SMILES string of the molecule is COc1ccc(S(=O)(=O)N[C@H](C)c2cccnc2)cc1C(N)=O. The van der Waals surface area contributed by atoms with Gasteiger partial charge >= 0.3 is 0 Å². The lowest BCUT2D eigenvalue weighted by molar-refractivity contribution is 0.0997. The van der Waals surface area contributed by atoms with E-state index >= 15 is 0 Å². The maximum Gasteiger partial charge on any atom is 0.252 e. The van der Waals surface area contributed by atoms with E-state index in [2.05, 4.69) is 9.71 Å². The number of methoxy groups -OCH3 is 1. The summed E-state index contributed by atoms with van der Waals surface area (Å²) in [4.78, 5) is 15.3. The molecule has 122 valence electrons. The third kappa shape index (κ3) is 3.85. The maximum atomic E-state index is 12.5. The Hall–Kier alpha value is -2.45. The first kappa shape index (κ1) is 16.9. The van der Waals surface area contributed by atoms with Crippen molar-refractivity contribution in [3.05, 3.63) is 53.9 Å². The van der Waals surface area contributed by atoms with Gasteiger partial charge in [-0.2, -0.15) is 0 Å². The van der Waals surface area contributed by atoms with Gasteiger partial charge in [-0.25, -0.2) is 13.1 Å². The van der Waals surface area contributed by atoms with Crippen molar-refractivity contribution < 1.29 is 17.9 Å². The van der Waals surface area contributed by atoms with Crippen molar-refractivity contribution in [2.24, 2.45) is 5.73 Å². The lowest BCUT2D eigenvalue weighted by Gasteiger charge is -2.15. The van der Waals surface area contributed by atoms with Crippen LogP contribution in [0.2, 0.25) is 0 Å². The molecule has 0 aliphatic heterocycles. The number of carbonyl (C=O) groups excluding carboxylic acids is 1.